The molecule has 0 heterocycles. The predicted octanol–water partition coefficient (Wildman–Crippen LogP) is 3.81. The van der Waals surface area contributed by atoms with E-state index < -0.39 is 0 Å². The number of hydrogen-bond donors (Lipinski definition) is 1. The van der Waals surface area contributed by atoms with Crippen molar-refractivity contribution in [2.24, 2.45) is 0 Å². The lowest BCUT2D eigenvalue weighted by Gasteiger charge is -2.21. The van der Waals surface area contributed by atoms with Gasteiger partial charge in [0, 0.05) is 13.1 Å². The van der Waals surface area contributed by atoms with E-state index in [1.165, 1.54) is 43.5 Å². The summed E-state index contributed by atoms with van der Waals surface area (Å²) in [5.74, 6) is 0. The van der Waals surface area contributed by atoms with Crippen molar-refractivity contribution in [2.75, 3.05) is 19.6 Å². The molecule has 0 spiro atoms. The Balaban J connectivity index is 2.54. The van der Waals surface area contributed by atoms with Crippen molar-refractivity contribution in [3.05, 3.63) is 35.4 Å². The Bertz CT molecular complexity index is 330. The maximum atomic E-state index is 3.47. The molecule has 19 heavy (non-hydrogen) atoms. The van der Waals surface area contributed by atoms with Gasteiger partial charge in [0.2, 0.25) is 0 Å². The van der Waals surface area contributed by atoms with E-state index in [9.17, 15) is 0 Å². The summed E-state index contributed by atoms with van der Waals surface area (Å²) >= 11 is 0. The quantitative estimate of drug-likeness (QED) is 0.645. The van der Waals surface area contributed by atoms with Crippen molar-refractivity contribution < 1.29 is 0 Å². The van der Waals surface area contributed by atoms with Crippen LogP contribution in [0.25, 0.3) is 0 Å². The minimum atomic E-state index is 0.989. The van der Waals surface area contributed by atoms with Gasteiger partial charge < -0.3 is 5.32 Å². The third kappa shape index (κ3) is 6.74. The van der Waals surface area contributed by atoms with Crippen LogP contribution >= 0.6 is 0 Å². The smallest absolute Gasteiger partial charge is 0.0233 e. The fourth-order valence-electron chi connectivity index (χ4n) is 2.41. The summed E-state index contributed by atoms with van der Waals surface area (Å²) in [5, 5.41) is 3.47. The van der Waals surface area contributed by atoms with Crippen LogP contribution in [0.4, 0.5) is 0 Å². The SMILES string of the molecule is CCCNCc1cccc(CN(CCC)CCC)c1. The summed E-state index contributed by atoms with van der Waals surface area (Å²) in [4.78, 5) is 2.55. The Morgan fingerprint density at radius 3 is 2.26 bits per heavy atom. The zero-order chi connectivity index (χ0) is 13.9. The van der Waals surface area contributed by atoms with Crippen LogP contribution in [0.3, 0.4) is 0 Å². The van der Waals surface area contributed by atoms with Crippen LogP contribution in [0.5, 0.6) is 0 Å². The highest BCUT2D eigenvalue weighted by Crippen LogP contribution is 2.09. The van der Waals surface area contributed by atoms with Crippen LogP contribution in [0.15, 0.2) is 24.3 Å². The maximum absolute atomic E-state index is 3.47. The van der Waals surface area contributed by atoms with Gasteiger partial charge in [-0.3, -0.25) is 4.90 Å². The molecular weight excluding hydrogens is 232 g/mol. The van der Waals surface area contributed by atoms with Crippen molar-refractivity contribution in [1.82, 2.24) is 10.2 Å². The first kappa shape index (κ1) is 16.2. The Labute approximate surface area is 119 Å². The molecule has 2 heteroatoms. The number of rotatable bonds is 10. The van der Waals surface area contributed by atoms with Gasteiger partial charge in [-0.25, -0.2) is 0 Å². The highest BCUT2D eigenvalue weighted by molar-refractivity contribution is 5.23. The fourth-order valence-corrected chi connectivity index (χ4v) is 2.41. The van der Waals surface area contributed by atoms with E-state index in [0.29, 0.717) is 0 Å². The average Bonchev–Trinajstić information content (AvgIpc) is 2.40. The van der Waals surface area contributed by atoms with E-state index in [1.54, 1.807) is 0 Å². The molecule has 0 saturated carbocycles. The Morgan fingerprint density at radius 1 is 0.947 bits per heavy atom. The third-order valence-electron chi connectivity index (χ3n) is 3.23. The molecule has 0 bridgehead atoms. The van der Waals surface area contributed by atoms with Crippen LogP contribution in [-0.4, -0.2) is 24.5 Å². The van der Waals surface area contributed by atoms with Crippen molar-refractivity contribution in [1.29, 1.82) is 0 Å². The van der Waals surface area contributed by atoms with Gasteiger partial charge in [0.25, 0.3) is 0 Å². The molecule has 0 fully saturated rings. The number of nitrogens with zero attached hydrogens (tertiary/aromatic N) is 1. The molecule has 2 nitrogen and oxygen atoms in total. The van der Waals surface area contributed by atoms with Gasteiger partial charge in [-0.15, -0.1) is 0 Å². The molecule has 0 aliphatic carbocycles. The van der Waals surface area contributed by atoms with Crippen LogP contribution in [0, 0.1) is 0 Å². The lowest BCUT2D eigenvalue weighted by atomic mass is 10.1. The molecule has 0 aliphatic heterocycles. The molecule has 0 saturated heterocycles. The van der Waals surface area contributed by atoms with Crippen molar-refractivity contribution in [3.8, 4) is 0 Å². The highest BCUT2D eigenvalue weighted by Gasteiger charge is 2.04. The molecule has 0 atom stereocenters. The lowest BCUT2D eigenvalue weighted by molar-refractivity contribution is 0.266. The summed E-state index contributed by atoms with van der Waals surface area (Å²) < 4.78 is 0. The number of hydrogen-bond acceptors (Lipinski definition) is 2. The summed E-state index contributed by atoms with van der Waals surface area (Å²) in [5.41, 5.74) is 2.84. The summed E-state index contributed by atoms with van der Waals surface area (Å²) in [7, 11) is 0. The van der Waals surface area contributed by atoms with E-state index in [4.69, 9.17) is 0 Å². The largest absolute Gasteiger partial charge is 0.313 e. The molecule has 1 aromatic rings. The molecule has 108 valence electrons. The normalized spacial score (nSPS) is 11.2. The van der Waals surface area contributed by atoms with E-state index in [2.05, 4.69) is 55.3 Å². The van der Waals surface area contributed by atoms with Crippen molar-refractivity contribution in [2.45, 2.75) is 53.1 Å². The number of benzene rings is 1. The standard InChI is InChI=1S/C17H30N2/c1-4-10-18-14-16-8-7-9-17(13-16)15-19(11-5-2)12-6-3/h7-9,13,18H,4-6,10-12,14-15H2,1-3H3. The van der Waals surface area contributed by atoms with Crippen LogP contribution in [0.2, 0.25) is 0 Å². The Hall–Kier alpha value is -0.860. The molecule has 0 radical (unpaired) electrons. The minimum absolute atomic E-state index is 0.989. The second-order valence-corrected chi connectivity index (χ2v) is 5.27. The lowest BCUT2D eigenvalue weighted by Crippen LogP contribution is -2.25. The Morgan fingerprint density at radius 2 is 1.63 bits per heavy atom. The Kier molecular flexibility index (Phi) is 8.52. The van der Waals surface area contributed by atoms with E-state index in [-0.39, 0.29) is 0 Å². The molecule has 1 rings (SSSR count). The zero-order valence-corrected chi connectivity index (χ0v) is 12.9. The van der Waals surface area contributed by atoms with E-state index in [0.717, 1.165) is 19.6 Å². The highest BCUT2D eigenvalue weighted by atomic mass is 15.1. The van der Waals surface area contributed by atoms with Gasteiger partial charge in [0.15, 0.2) is 0 Å². The van der Waals surface area contributed by atoms with E-state index >= 15 is 0 Å². The maximum Gasteiger partial charge on any atom is 0.0233 e. The van der Waals surface area contributed by atoms with Gasteiger partial charge >= 0.3 is 0 Å². The van der Waals surface area contributed by atoms with Crippen LogP contribution in [-0.2, 0) is 13.1 Å². The third-order valence-corrected chi connectivity index (χ3v) is 3.23. The van der Waals surface area contributed by atoms with Crippen LogP contribution < -0.4 is 5.32 Å². The summed E-state index contributed by atoms with van der Waals surface area (Å²) in [6.07, 6.45) is 3.66. The molecule has 0 aromatic heterocycles. The predicted molar refractivity (Wildman–Crippen MR) is 84.3 cm³/mol. The first-order valence-corrected chi connectivity index (χ1v) is 7.81. The monoisotopic (exact) mass is 262 g/mol. The van der Waals surface area contributed by atoms with Gasteiger partial charge in [-0.1, -0.05) is 45.0 Å². The zero-order valence-electron chi connectivity index (χ0n) is 12.9. The first-order valence-electron chi connectivity index (χ1n) is 7.81. The molecule has 1 aromatic carbocycles. The van der Waals surface area contributed by atoms with Gasteiger partial charge in [0.1, 0.15) is 0 Å². The summed E-state index contributed by atoms with van der Waals surface area (Å²) in [6.45, 7) is 12.3. The second-order valence-electron chi connectivity index (χ2n) is 5.27. The van der Waals surface area contributed by atoms with Crippen molar-refractivity contribution in [3.63, 3.8) is 0 Å². The van der Waals surface area contributed by atoms with Gasteiger partial charge in [0.05, 0.1) is 0 Å². The van der Waals surface area contributed by atoms with Gasteiger partial charge in [-0.2, -0.15) is 0 Å². The average molecular weight is 262 g/mol. The molecular formula is C17H30N2. The summed E-state index contributed by atoms with van der Waals surface area (Å²) in [6, 6.07) is 9.01. The van der Waals surface area contributed by atoms with Crippen molar-refractivity contribution >= 4 is 0 Å². The number of nitrogens with one attached hydrogen (secondary N) is 1. The molecule has 0 unspecified atom stereocenters. The fraction of sp³-hybridized carbons (Fsp3) is 0.647. The topological polar surface area (TPSA) is 15.3 Å². The molecule has 1 N–H and O–H groups in total. The molecule has 0 aliphatic rings. The first-order chi connectivity index (χ1) is 9.30. The minimum Gasteiger partial charge on any atom is -0.313 e. The van der Waals surface area contributed by atoms with Gasteiger partial charge in [-0.05, 0) is 50.0 Å². The van der Waals surface area contributed by atoms with Crippen LogP contribution in [0.1, 0.15) is 51.2 Å². The van der Waals surface area contributed by atoms with E-state index in [1.807, 2.05) is 0 Å². The second kappa shape index (κ2) is 9.99. The molecule has 0 amide bonds.